The molecule has 1 aliphatic carbocycles. The van der Waals surface area contributed by atoms with Crippen LogP contribution in [-0.2, 0) is 5.54 Å². The van der Waals surface area contributed by atoms with E-state index >= 15 is 0 Å². The van der Waals surface area contributed by atoms with Crippen molar-refractivity contribution in [2.45, 2.75) is 24.8 Å². The number of benzene rings is 1. The molecule has 2 aromatic rings. The summed E-state index contributed by atoms with van der Waals surface area (Å²) in [4.78, 5) is 6.56. The summed E-state index contributed by atoms with van der Waals surface area (Å²) < 4.78 is 11.2. The summed E-state index contributed by atoms with van der Waals surface area (Å²) in [5.41, 5.74) is 6.64. The summed E-state index contributed by atoms with van der Waals surface area (Å²) in [6, 6.07) is 7.70. The zero-order valence-electron chi connectivity index (χ0n) is 13.5. The molecule has 3 rings (SSSR count). The Kier molecular flexibility index (Phi) is 5.62. The quantitative estimate of drug-likeness (QED) is 0.871. The van der Waals surface area contributed by atoms with Gasteiger partial charge in [0.25, 0.3) is 5.89 Å². The smallest absolute Gasteiger partial charge is 0.261 e. The normalized spacial score (nSPS) is 15.8. The van der Waals surface area contributed by atoms with Gasteiger partial charge in [0.2, 0.25) is 0 Å². The number of ether oxygens (including phenoxy) is 1. The molecule has 0 amide bonds. The first-order valence-electron chi connectivity index (χ1n) is 7.58. The Morgan fingerprint density at radius 2 is 2.04 bits per heavy atom. The number of rotatable bonds is 6. The van der Waals surface area contributed by atoms with E-state index in [0.717, 1.165) is 37.1 Å². The van der Waals surface area contributed by atoms with Crippen molar-refractivity contribution in [3.8, 4) is 17.2 Å². The predicted octanol–water partition coefficient (Wildman–Crippen LogP) is 2.44. The molecule has 0 spiro atoms. The van der Waals surface area contributed by atoms with Crippen molar-refractivity contribution in [3.63, 3.8) is 0 Å². The molecular weight excluding hydrogens is 316 g/mol. The molecule has 0 saturated heterocycles. The van der Waals surface area contributed by atoms with Crippen LogP contribution in [0.2, 0.25) is 0 Å². The summed E-state index contributed by atoms with van der Waals surface area (Å²) in [7, 11) is 4.03. The minimum atomic E-state index is -0.414. The van der Waals surface area contributed by atoms with Crippen LogP contribution < -0.4 is 10.5 Å². The number of likely N-dealkylation sites (N-methyl/N-ethyl adjacent to an activating group) is 1. The van der Waals surface area contributed by atoms with Crippen LogP contribution >= 0.6 is 12.4 Å². The van der Waals surface area contributed by atoms with Crippen LogP contribution in [0.1, 0.15) is 25.1 Å². The molecule has 0 unspecified atom stereocenters. The average Bonchev–Trinajstić information content (AvgIpc) is 2.95. The first-order chi connectivity index (χ1) is 10.6. The fourth-order valence-corrected chi connectivity index (χ4v) is 2.42. The minimum Gasteiger partial charge on any atom is -0.491 e. The number of hydrogen-bond acceptors (Lipinski definition) is 6. The lowest BCUT2D eigenvalue weighted by Crippen LogP contribution is -2.44. The fraction of sp³-hybridized carbons (Fsp3) is 0.500. The van der Waals surface area contributed by atoms with E-state index in [1.54, 1.807) is 0 Å². The maximum absolute atomic E-state index is 6.25. The molecule has 0 aliphatic heterocycles. The Morgan fingerprint density at radius 1 is 1.30 bits per heavy atom. The third kappa shape index (κ3) is 3.83. The van der Waals surface area contributed by atoms with Crippen molar-refractivity contribution >= 4 is 12.4 Å². The maximum Gasteiger partial charge on any atom is 0.261 e. The van der Waals surface area contributed by atoms with Gasteiger partial charge >= 0.3 is 0 Å². The molecular formula is C16H23ClN4O2. The van der Waals surface area contributed by atoms with Gasteiger partial charge in [-0.05, 0) is 45.5 Å². The second-order valence-electron chi connectivity index (χ2n) is 6.08. The zero-order valence-corrected chi connectivity index (χ0v) is 14.3. The first kappa shape index (κ1) is 17.7. The lowest BCUT2D eigenvalue weighted by molar-refractivity contribution is 0.229. The molecule has 1 aromatic heterocycles. The highest BCUT2D eigenvalue weighted by Crippen LogP contribution is 2.38. The molecule has 1 aromatic carbocycles. The average molecular weight is 339 g/mol. The van der Waals surface area contributed by atoms with Crippen LogP contribution in [0.25, 0.3) is 11.5 Å². The molecule has 1 saturated carbocycles. The van der Waals surface area contributed by atoms with Gasteiger partial charge in [0.05, 0.1) is 11.1 Å². The molecule has 7 heteroatoms. The van der Waals surface area contributed by atoms with Gasteiger partial charge in [-0.3, -0.25) is 0 Å². The van der Waals surface area contributed by atoms with Gasteiger partial charge in [-0.25, -0.2) is 0 Å². The molecule has 2 N–H and O–H groups in total. The molecule has 1 heterocycles. The molecule has 126 valence electrons. The van der Waals surface area contributed by atoms with Gasteiger partial charge in [0.15, 0.2) is 5.82 Å². The van der Waals surface area contributed by atoms with E-state index in [2.05, 4.69) is 15.0 Å². The van der Waals surface area contributed by atoms with Crippen molar-refractivity contribution in [2.75, 3.05) is 27.2 Å². The Morgan fingerprint density at radius 3 is 2.70 bits per heavy atom. The number of nitrogens with two attached hydrogens (primary N) is 1. The lowest BCUT2D eigenvalue weighted by atomic mass is 9.77. The van der Waals surface area contributed by atoms with Crippen molar-refractivity contribution in [1.82, 2.24) is 15.0 Å². The molecule has 1 aliphatic rings. The van der Waals surface area contributed by atoms with Crippen molar-refractivity contribution in [2.24, 2.45) is 5.73 Å². The first-order valence-corrected chi connectivity index (χ1v) is 7.58. The van der Waals surface area contributed by atoms with Crippen LogP contribution in [0, 0.1) is 0 Å². The lowest BCUT2D eigenvalue weighted by Gasteiger charge is -2.34. The van der Waals surface area contributed by atoms with Gasteiger partial charge in [-0.1, -0.05) is 17.3 Å². The summed E-state index contributed by atoms with van der Waals surface area (Å²) in [5, 5.41) is 4.06. The fourth-order valence-electron chi connectivity index (χ4n) is 2.42. The largest absolute Gasteiger partial charge is 0.491 e. The van der Waals surface area contributed by atoms with Gasteiger partial charge in [0, 0.05) is 6.54 Å². The van der Waals surface area contributed by atoms with Crippen LogP contribution in [0.3, 0.4) is 0 Å². The maximum atomic E-state index is 6.25. The standard InChI is InChI=1S/C16H22N4O2.ClH/c1-20(2)10-11-21-13-7-4-3-6-12(13)14-18-15(19-22-14)16(17)8-5-9-16;/h3-4,6-7H,5,8-11,17H2,1-2H3;1H. The molecule has 6 nitrogen and oxygen atoms in total. The van der Waals surface area contributed by atoms with Crippen molar-refractivity contribution < 1.29 is 9.26 Å². The van der Waals surface area contributed by atoms with Gasteiger partial charge in [-0.2, -0.15) is 4.98 Å². The highest BCUT2D eigenvalue weighted by Gasteiger charge is 2.39. The monoisotopic (exact) mass is 338 g/mol. The molecule has 1 fully saturated rings. The summed E-state index contributed by atoms with van der Waals surface area (Å²) in [6.07, 6.45) is 2.94. The van der Waals surface area contributed by atoms with E-state index < -0.39 is 5.54 Å². The van der Waals surface area contributed by atoms with E-state index in [0.29, 0.717) is 18.3 Å². The number of halogens is 1. The number of nitrogens with zero attached hydrogens (tertiary/aromatic N) is 3. The Labute approximate surface area is 142 Å². The van der Waals surface area contributed by atoms with Crippen molar-refractivity contribution in [3.05, 3.63) is 30.1 Å². The second kappa shape index (κ2) is 7.29. The topological polar surface area (TPSA) is 77.4 Å². The molecule has 23 heavy (non-hydrogen) atoms. The summed E-state index contributed by atoms with van der Waals surface area (Å²) >= 11 is 0. The molecule has 0 radical (unpaired) electrons. The SMILES string of the molecule is CN(C)CCOc1ccccc1-c1nc(C2(N)CCC2)no1.Cl. The van der Waals surface area contributed by atoms with Crippen LogP contribution in [0.5, 0.6) is 5.75 Å². The van der Waals surface area contributed by atoms with E-state index in [1.165, 1.54) is 0 Å². The van der Waals surface area contributed by atoms with Gasteiger partial charge < -0.3 is 19.9 Å². The third-order valence-electron chi connectivity index (χ3n) is 4.03. The van der Waals surface area contributed by atoms with Gasteiger partial charge in [0.1, 0.15) is 12.4 Å². The Bertz CT molecular complexity index is 641. The van der Waals surface area contributed by atoms with Gasteiger partial charge in [-0.15, -0.1) is 12.4 Å². The van der Waals surface area contributed by atoms with Crippen LogP contribution in [0.15, 0.2) is 28.8 Å². The van der Waals surface area contributed by atoms with E-state index in [4.69, 9.17) is 15.0 Å². The Balaban J connectivity index is 0.00000192. The van der Waals surface area contributed by atoms with Crippen LogP contribution in [0.4, 0.5) is 0 Å². The van der Waals surface area contributed by atoms with E-state index in [1.807, 2.05) is 38.4 Å². The number of aromatic nitrogens is 2. The predicted molar refractivity (Wildman–Crippen MR) is 90.7 cm³/mol. The third-order valence-corrected chi connectivity index (χ3v) is 4.03. The Hall–Kier alpha value is -1.63. The van der Waals surface area contributed by atoms with E-state index in [9.17, 15) is 0 Å². The highest BCUT2D eigenvalue weighted by molar-refractivity contribution is 5.85. The number of hydrogen-bond donors (Lipinski definition) is 1. The second-order valence-corrected chi connectivity index (χ2v) is 6.08. The highest BCUT2D eigenvalue weighted by atomic mass is 35.5. The number of para-hydroxylation sites is 1. The summed E-state index contributed by atoms with van der Waals surface area (Å²) in [5.74, 6) is 1.81. The molecule has 0 bridgehead atoms. The zero-order chi connectivity index (χ0) is 15.6. The van der Waals surface area contributed by atoms with Crippen molar-refractivity contribution in [1.29, 1.82) is 0 Å². The van der Waals surface area contributed by atoms with E-state index in [-0.39, 0.29) is 12.4 Å². The minimum absolute atomic E-state index is 0. The molecule has 0 atom stereocenters. The summed E-state index contributed by atoms with van der Waals surface area (Å²) in [6.45, 7) is 1.45. The van der Waals surface area contributed by atoms with Crippen LogP contribution in [-0.4, -0.2) is 42.3 Å².